The van der Waals surface area contributed by atoms with Gasteiger partial charge in [0.2, 0.25) is 5.91 Å². The first-order valence-corrected chi connectivity index (χ1v) is 8.63. The molecule has 138 valence electrons. The number of rotatable bonds is 4. The number of benzene rings is 2. The van der Waals surface area contributed by atoms with Crippen LogP contribution in [0.5, 0.6) is 0 Å². The Morgan fingerprint density at radius 1 is 1.07 bits per heavy atom. The number of anilines is 1. The van der Waals surface area contributed by atoms with Crippen LogP contribution in [-0.2, 0) is 14.3 Å². The first-order valence-electron chi connectivity index (χ1n) is 8.63. The molecule has 1 N–H and O–H groups in total. The molecule has 0 unspecified atom stereocenters. The van der Waals surface area contributed by atoms with Gasteiger partial charge in [0.05, 0.1) is 17.9 Å². The average Bonchev–Trinajstić information content (AvgIpc) is 2.97. The Bertz CT molecular complexity index is 948. The van der Waals surface area contributed by atoms with Crippen molar-refractivity contribution >= 4 is 34.7 Å². The fourth-order valence-corrected chi connectivity index (χ4v) is 3.12. The van der Waals surface area contributed by atoms with E-state index >= 15 is 0 Å². The van der Waals surface area contributed by atoms with Crippen LogP contribution < -0.4 is 10.2 Å². The van der Waals surface area contributed by atoms with E-state index in [0.717, 1.165) is 10.5 Å². The van der Waals surface area contributed by atoms with Gasteiger partial charge in [0, 0.05) is 30.7 Å². The number of imide groups is 1. The second-order valence-electron chi connectivity index (χ2n) is 5.97. The Morgan fingerprint density at radius 2 is 1.78 bits per heavy atom. The smallest absolute Gasteiger partial charge is 0.269 e. The zero-order valence-electron chi connectivity index (χ0n) is 15.4. The van der Waals surface area contributed by atoms with Gasteiger partial charge < -0.3 is 10.1 Å². The van der Waals surface area contributed by atoms with E-state index in [0.29, 0.717) is 34.8 Å². The second kappa shape index (κ2) is 7.45. The van der Waals surface area contributed by atoms with Crippen molar-refractivity contribution in [2.75, 3.05) is 18.6 Å². The number of hydrogen-bond donors (Lipinski definition) is 1. The minimum atomic E-state index is -0.459. The lowest BCUT2D eigenvalue weighted by atomic mass is 10.0. The maximum absolute atomic E-state index is 13.1. The lowest BCUT2D eigenvalue weighted by molar-refractivity contribution is -0.122. The third kappa shape index (κ3) is 3.21. The number of fused-ring (bicyclic) bond motifs is 1. The van der Waals surface area contributed by atoms with Crippen LogP contribution in [0.2, 0.25) is 0 Å². The van der Waals surface area contributed by atoms with E-state index in [1.54, 1.807) is 18.2 Å². The molecule has 3 amide bonds. The van der Waals surface area contributed by atoms with Crippen LogP contribution in [0, 0.1) is 0 Å². The number of nitrogens with one attached hydrogen (secondary N) is 1. The highest BCUT2D eigenvalue weighted by Gasteiger charge is 2.38. The normalized spacial score (nSPS) is 14.6. The number of nitrogens with zero attached hydrogens (tertiary/aromatic N) is 1. The summed E-state index contributed by atoms with van der Waals surface area (Å²) in [4.78, 5) is 38.3. The van der Waals surface area contributed by atoms with E-state index in [4.69, 9.17) is 4.74 Å². The van der Waals surface area contributed by atoms with Crippen LogP contribution >= 0.6 is 0 Å². The Hall–Kier alpha value is -3.41. The predicted octanol–water partition coefficient (Wildman–Crippen LogP) is 2.84. The molecule has 0 fully saturated rings. The Labute approximate surface area is 157 Å². The highest BCUT2D eigenvalue weighted by atomic mass is 16.5. The zero-order valence-corrected chi connectivity index (χ0v) is 15.4. The van der Waals surface area contributed by atoms with E-state index in [-0.39, 0.29) is 5.91 Å². The van der Waals surface area contributed by atoms with Gasteiger partial charge >= 0.3 is 0 Å². The number of amides is 3. The zero-order chi connectivity index (χ0) is 19.6. The van der Waals surface area contributed by atoms with Crippen molar-refractivity contribution in [3.8, 4) is 0 Å². The van der Waals surface area contributed by atoms with Gasteiger partial charge in [-0.25, -0.2) is 4.90 Å². The number of carbonyl (C=O) groups excluding carboxylic acids is 3. The summed E-state index contributed by atoms with van der Waals surface area (Å²) < 4.78 is 5.81. The summed E-state index contributed by atoms with van der Waals surface area (Å²) in [5, 5.41) is 2.54. The van der Waals surface area contributed by atoms with Gasteiger partial charge in [-0.15, -0.1) is 0 Å². The molecular weight excluding hydrogens is 344 g/mol. The van der Waals surface area contributed by atoms with E-state index in [1.165, 1.54) is 14.0 Å². The van der Waals surface area contributed by atoms with Gasteiger partial charge in [0.15, 0.2) is 0 Å². The fraction of sp³-hybridized carbons (Fsp3) is 0.190. The Balaban J connectivity index is 2.28. The van der Waals surface area contributed by atoms with Gasteiger partial charge in [-0.3, -0.25) is 14.4 Å². The van der Waals surface area contributed by atoms with Crippen molar-refractivity contribution in [3.63, 3.8) is 0 Å². The predicted molar refractivity (Wildman–Crippen MR) is 103 cm³/mol. The van der Waals surface area contributed by atoms with Crippen LogP contribution in [0.25, 0.3) is 11.3 Å². The Morgan fingerprint density at radius 3 is 2.37 bits per heavy atom. The molecule has 1 heterocycles. The molecule has 0 radical (unpaired) electrons. The number of carbonyl (C=O) groups is 3. The van der Waals surface area contributed by atoms with Crippen molar-refractivity contribution in [3.05, 3.63) is 65.2 Å². The molecule has 0 saturated carbocycles. The van der Waals surface area contributed by atoms with Crippen LogP contribution in [0.1, 0.15) is 35.3 Å². The van der Waals surface area contributed by atoms with Crippen molar-refractivity contribution in [1.82, 2.24) is 5.32 Å². The molecular formula is C21H20N2O4. The van der Waals surface area contributed by atoms with Crippen molar-refractivity contribution in [1.29, 1.82) is 0 Å². The van der Waals surface area contributed by atoms with E-state index in [2.05, 4.69) is 5.32 Å². The van der Waals surface area contributed by atoms with Gasteiger partial charge in [-0.1, -0.05) is 36.4 Å². The summed E-state index contributed by atoms with van der Waals surface area (Å²) in [6.45, 7) is 3.52. The minimum absolute atomic E-state index is 0.292. The molecule has 0 aromatic heterocycles. The second-order valence-corrected chi connectivity index (χ2v) is 5.97. The molecule has 0 spiro atoms. The molecule has 3 rings (SSSR count). The van der Waals surface area contributed by atoms with E-state index in [9.17, 15) is 14.4 Å². The number of hydrogen-bond acceptors (Lipinski definition) is 4. The molecule has 2 aromatic carbocycles. The molecule has 0 bridgehead atoms. The third-order valence-electron chi connectivity index (χ3n) is 4.28. The van der Waals surface area contributed by atoms with Gasteiger partial charge in [-0.05, 0) is 19.1 Å². The third-order valence-corrected chi connectivity index (χ3v) is 4.28. The first kappa shape index (κ1) is 18.4. The lowest BCUT2D eigenvalue weighted by Crippen LogP contribution is -2.31. The number of ether oxygens (including phenoxy) is 1. The topological polar surface area (TPSA) is 75.7 Å². The largest absolute Gasteiger partial charge is 0.492 e. The molecule has 27 heavy (non-hydrogen) atoms. The molecule has 0 atom stereocenters. The maximum Gasteiger partial charge on any atom is 0.269 e. The van der Waals surface area contributed by atoms with Crippen LogP contribution in [0.15, 0.2) is 48.5 Å². The van der Waals surface area contributed by atoms with Crippen molar-refractivity contribution in [2.45, 2.75) is 13.8 Å². The minimum Gasteiger partial charge on any atom is -0.492 e. The van der Waals surface area contributed by atoms with Crippen molar-refractivity contribution in [2.24, 2.45) is 0 Å². The molecule has 2 aromatic rings. The first-order chi connectivity index (χ1) is 13.0. The van der Waals surface area contributed by atoms with Gasteiger partial charge in [-0.2, -0.15) is 0 Å². The summed E-state index contributed by atoms with van der Waals surface area (Å²) in [6, 6.07) is 14.1. The molecule has 1 aliphatic rings. The molecule has 6 heteroatoms. The molecule has 0 saturated heterocycles. The summed E-state index contributed by atoms with van der Waals surface area (Å²) in [5.74, 6) is -0.756. The summed E-state index contributed by atoms with van der Waals surface area (Å²) in [6.07, 6.45) is 0. The fourth-order valence-electron chi connectivity index (χ4n) is 3.12. The lowest BCUT2D eigenvalue weighted by Gasteiger charge is -2.14. The quantitative estimate of drug-likeness (QED) is 0.669. The maximum atomic E-state index is 13.1. The summed E-state index contributed by atoms with van der Waals surface area (Å²) in [7, 11) is 1.53. The van der Waals surface area contributed by atoms with Crippen LogP contribution in [0.4, 0.5) is 5.69 Å². The average molecular weight is 364 g/mol. The summed E-state index contributed by atoms with van der Waals surface area (Å²) >= 11 is 0. The van der Waals surface area contributed by atoms with Crippen LogP contribution in [0.3, 0.4) is 0 Å². The Kier molecular flexibility index (Phi) is 5.07. The van der Waals surface area contributed by atoms with E-state index < -0.39 is 11.8 Å². The molecule has 6 nitrogen and oxygen atoms in total. The van der Waals surface area contributed by atoms with Crippen LogP contribution in [-0.4, -0.2) is 31.4 Å². The van der Waals surface area contributed by atoms with Gasteiger partial charge in [0.1, 0.15) is 5.76 Å². The molecule has 1 aliphatic heterocycles. The highest BCUT2D eigenvalue weighted by molar-refractivity contribution is 6.43. The molecule has 0 aliphatic carbocycles. The standard InChI is InChI=1S/C21H20N2O4/c1-4-27-19(14-8-6-5-7-9-14)18-16-11-10-15(20(25)22-3)12-17(16)23(13(2)24)21(18)26/h5-12H,4H2,1-3H3,(H,22,25)/b19-18+. The summed E-state index contributed by atoms with van der Waals surface area (Å²) in [5.41, 5.74) is 2.38. The van der Waals surface area contributed by atoms with Crippen molar-refractivity contribution < 1.29 is 19.1 Å². The SMILES string of the molecule is CCO/C(=C1/C(=O)N(C(C)=O)c2cc(C(=O)NC)ccc21)c1ccccc1. The van der Waals surface area contributed by atoms with Gasteiger partial charge in [0.25, 0.3) is 11.8 Å². The highest BCUT2D eigenvalue weighted by Crippen LogP contribution is 2.41. The monoisotopic (exact) mass is 364 g/mol. The van der Waals surface area contributed by atoms with E-state index in [1.807, 2.05) is 37.3 Å².